The molecule has 2 aliphatic rings. The van der Waals surface area contributed by atoms with Crippen molar-refractivity contribution in [3.63, 3.8) is 0 Å². The molecule has 0 saturated carbocycles. The van der Waals surface area contributed by atoms with E-state index in [9.17, 15) is 14.4 Å². The molecule has 6 heteroatoms. The average Bonchev–Trinajstić information content (AvgIpc) is 3.12. The highest BCUT2D eigenvalue weighted by Gasteiger charge is 2.28. The second-order valence-corrected chi connectivity index (χ2v) is 7.10. The number of anilines is 1. The van der Waals surface area contributed by atoms with Crippen molar-refractivity contribution in [2.45, 2.75) is 39.0 Å². The number of aliphatic carboxylic acids is 1. The van der Waals surface area contributed by atoms with E-state index in [4.69, 9.17) is 5.11 Å². The van der Waals surface area contributed by atoms with Gasteiger partial charge < -0.3 is 15.4 Å². The quantitative estimate of drug-likeness (QED) is 0.725. The number of rotatable bonds is 4. The molecule has 3 N–H and O–H groups in total. The van der Waals surface area contributed by atoms with E-state index in [2.05, 4.69) is 10.3 Å². The predicted octanol–water partition coefficient (Wildman–Crippen LogP) is 3.35. The molecule has 27 heavy (non-hydrogen) atoms. The number of carboxylic acid groups (broad SMARTS) is 1. The third kappa shape index (κ3) is 3.07. The number of Topliss-reactive ketones (excluding diaryl/α,β-unsaturated/α-hetero) is 1. The zero-order chi connectivity index (χ0) is 19.1. The summed E-state index contributed by atoms with van der Waals surface area (Å²) >= 11 is 0. The summed E-state index contributed by atoms with van der Waals surface area (Å²) in [7, 11) is 0. The van der Waals surface area contributed by atoms with Gasteiger partial charge in [-0.1, -0.05) is 11.6 Å². The number of aromatic nitrogens is 1. The number of hydrogen-bond acceptors (Lipinski definition) is 3. The van der Waals surface area contributed by atoms with E-state index in [0.717, 1.165) is 35.3 Å². The number of nitrogens with one attached hydrogen (secondary N) is 2. The lowest BCUT2D eigenvalue weighted by molar-refractivity contribution is -0.137. The van der Waals surface area contributed by atoms with Crippen LogP contribution in [0.1, 0.15) is 57.7 Å². The van der Waals surface area contributed by atoms with Gasteiger partial charge in [-0.2, -0.15) is 0 Å². The number of fused-ring (bicyclic) bond motifs is 2. The number of ketones is 1. The SMILES string of the molecule is Cc1ccc2c(c1)/C(=C/c1[nH]c3c(c1CCC(=O)O)C(=O)CCC3)C(=O)N2. The van der Waals surface area contributed by atoms with Crippen LogP contribution >= 0.6 is 0 Å². The maximum atomic E-state index is 12.5. The minimum Gasteiger partial charge on any atom is -0.481 e. The van der Waals surface area contributed by atoms with Gasteiger partial charge in [0.25, 0.3) is 5.91 Å². The fourth-order valence-corrected chi connectivity index (χ4v) is 3.90. The summed E-state index contributed by atoms with van der Waals surface area (Å²) in [6, 6.07) is 5.76. The van der Waals surface area contributed by atoms with Crippen LogP contribution in [-0.4, -0.2) is 27.8 Å². The number of carbonyl (C=O) groups is 3. The Morgan fingerprint density at radius 2 is 2.07 bits per heavy atom. The Hall–Kier alpha value is -3.15. The van der Waals surface area contributed by atoms with Gasteiger partial charge in [-0.05, 0) is 50.0 Å². The summed E-state index contributed by atoms with van der Waals surface area (Å²) in [5.74, 6) is -1.06. The summed E-state index contributed by atoms with van der Waals surface area (Å²) in [5, 5.41) is 11.9. The van der Waals surface area contributed by atoms with Crippen LogP contribution in [0.5, 0.6) is 0 Å². The van der Waals surface area contributed by atoms with Crippen LogP contribution < -0.4 is 5.32 Å². The molecular formula is C21H20N2O4. The molecule has 0 atom stereocenters. The van der Waals surface area contributed by atoms with Crippen molar-refractivity contribution in [1.29, 1.82) is 0 Å². The summed E-state index contributed by atoms with van der Waals surface area (Å²) in [6.45, 7) is 1.96. The van der Waals surface area contributed by atoms with Crippen LogP contribution in [0.25, 0.3) is 11.6 Å². The molecule has 1 aromatic heterocycles. The van der Waals surface area contributed by atoms with E-state index in [-0.39, 0.29) is 24.5 Å². The number of hydrogen-bond donors (Lipinski definition) is 3. The topological polar surface area (TPSA) is 99.3 Å². The molecule has 1 aromatic carbocycles. The summed E-state index contributed by atoms with van der Waals surface area (Å²) in [5.41, 5.74) is 5.99. The lowest BCUT2D eigenvalue weighted by atomic mass is 9.91. The van der Waals surface area contributed by atoms with Gasteiger partial charge in [-0.15, -0.1) is 0 Å². The van der Waals surface area contributed by atoms with Crippen LogP contribution in [0.4, 0.5) is 5.69 Å². The van der Waals surface area contributed by atoms with Crippen molar-refractivity contribution in [3.8, 4) is 0 Å². The molecule has 0 spiro atoms. The number of amides is 1. The first kappa shape index (κ1) is 17.3. The molecule has 1 aliphatic carbocycles. The normalized spacial score (nSPS) is 17.0. The first-order chi connectivity index (χ1) is 12.9. The first-order valence-electron chi connectivity index (χ1n) is 9.07. The lowest BCUT2D eigenvalue weighted by Crippen LogP contribution is -2.11. The Morgan fingerprint density at radius 3 is 2.85 bits per heavy atom. The zero-order valence-electron chi connectivity index (χ0n) is 15.0. The number of H-pyrrole nitrogens is 1. The first-order valence-corrected chi connectivity index (χ1v) is 9.07. The number of benzene rings is 1. The predicted molar refractivity (Wildman–Crippen MR) is 102 cm³/mol. The molecule has 2 aromatic rings. The van der Waals surface area contributed by atoms with Crippen molar-refractivity contribution < 1.29 is 19.5 Å². The van der Waals surface area contributed by atoms with Gasteiger partial charge in [0.2, 0.25) is 0 Å². The lowest BCUT2D eigenvalue weighted by Gasteiger charge is -2.11. The Bertz CT molecular complexity index is 1010. The Labute approximate surface area is 156 Å². The van der Waals surface area contributed by atoms with Gasteiger partial charge in [0.15, 0.2) is 5.78 Å². The molecule has 1 aliphatic heterocycles. The number of carbonyl (C=O) groups excluding carboxylic acids is 2. The largest absolute Gasteiger partial charge is 0.481 e. The highest BCUT2D eigenvalue weighted by Crippen LogP contribution is 2.36. The van der Waals surface area contributed by atoms with E-state index < -0.39 is 5.97 Å². The van der Waals surface area contributed by atoms with Crippen LogP contribution in [0.15, 0.2) is 18.2 Å². The maximum Gasteiger partial charge on any atom is 0.303 e. The third-order valence-corrected chi connectivity index (χ3v) is 5.16. The summed E-state index contributed by atoms with van der Waals surface area (Å²) in [4.78, 5) is 39.3. The van der Waals surface area contributed by atoms with Crippen molar-refractivity contribution in [3.05, 3.63) is 51.8 Å². The second-order valence-electron chi connectivity index (χ2n) is 7.10. The Kier molecular flexibility index (Phi) is 4.18. The Balaban J connectivity index is 1.84. The average molecular weight is 364 g/mol. The van der Waals surface area contributed by atoms with Crippen LogP contribution in [0, 0.1) is 6.92 Å². The van der Waals surface area contributed by atoms with E-state index in [1.807, 2.05) is 25.1 Å². The van der Waals surface area contributed by atoms with Crippen LogP contribution in [0.2, 0.25) is 0 Å². The van der Waals surface area contributed by atoms with E-state index in [1.54, 1.807) is 6.08 Å². The molecule has 2 heterocycles. The number of aromatic amines is 1. The minimum atomic E-state index is -0.911. The van der Waals surface area contributed by atoms with Crippen molar-refractivity contribution >= 4 is 35.0 Å². The van der Waals surface area contributed by atoms with Gasteiger partial charge in [-0.25, -0.2) is 0 Å². The molecule has 1 amide bonds. The van der Waals surface area contributed by atoms with Gasteiger partial charge in [-0.3, -0.25) is 14.4 Å². The number of carboxylic acids is 1. The smallest absolute Gasteiger partial charge is 0.303 e. The number of aryl methyl sites for hydroxylation is 2. The van der Waals surface area contributed by atoms with E-state index in [1.165, 1.54) is 0 Å². The van der Waals surface area contributed by atoms with Crippen LogP contribution in [-0.2, 0) is 22.4 Å². The molecule has 0 fully saturated rings. The van der Waals surface area contributed by atoms with E-state index >= 15 is 0 Å². The Morgan fingerprint density at radius 1 is 1.26 bits per heavy atom. The molecule has 0 unspecified atom stereocenters. The standard InChI is InChI=1S/C21H20N2O4/c1-11-5-7-15-13(9-11)14(21(27)23-15)10-17-12(6-8-19(25)26)20-16(22-17)3-2-4-18(20)24/h5,7,9-10,22H,2-4,6,8H2,1H3,(H,23,27)(H,25,26)/b14-10-. The van der Waals surface area contributed by atoms with Crippen molar-refractivity contribution in [1.82, 2.24) is 4.98 Å². The fourth-order valence-electron chi connectivity index (χ4n) is 3.90. The van der Waals surface area contributed by atoms with E-state index in [0.29, 0.717) is 28.8 Å². The molecule has 0 radical (unpaired) electrons. The summed E-state index contributed by atoms with van der Waals surface area (Å²) < 4.78 is 0. The van der Waals surface area contributed by atoms with Gasteiger partial charge in [0.05, 0.1) is 5.57 Å². The highest BCUT2D eigenvalue weighted by atomic mass is 16.4. The van der Waals surface area contributed by atoms with Gasteiger partial charge in [0, 0.05) is 41.0 Å². The zero-order valence-corrected chi connectivity index (χ0v) is 15.0. The molecule has 4 rings (SSSR count). The van der Waals surface area contributed by atoms with Crippen LogP contribution in [0.3, 0.4) is 0 Å². The third-order valence-electron chi connectivity index (χ3n) is 5.16. The van der Waals surface area contributed by atoms with Crippen molar-refractivity contribution in [2.75, 3.05) is 5.32 Å². The minimum absolute atomic E-state index is 0.0460. The van der Waals surface area contributed by atoms with Gasteiger partial charge >= 0.3 is 5.97 Å². The van der Waals surface area contributed by atoms with Crippen molar-refractivity contribution in [2.24, 2.45) is 0 Å². The fraction of sp³-hybridized carbons (Fsp3) is 0.286. The second kappa shape index (κ2) is 6.54. The molecule has 138 valence electrons. The monoisotopic (exact) mass is 364 g/mol. The summed E-state index contributed by atoms with van der Waals surface area (Å²) in [6.07, 6.45) is 3.96. The highest BCUT2D eigenvalue weighted by molar-refractivity contribution is 6.35. The molecule has 0 bridgehead atoms. The molecular weight excluding hydrogens is 344 g/mol. The molecule has 6 nitrogen and oxygen atoms in total. The maximum absolute atomic E-state index is 12.5. The molecule has 0 saturated heterocycles. The van der Waals surface area contributed by atoms with Gasteiger partial charge in [0.1, 0.15) is 0 Å².